The second-order valence-corrected chi connectivity index (χ2v) is 5.15. The number of rotatable bonds is 7. The van der Waals surface area contributed by atoms with Gasteiger partial charge < -0.3 is 25.5 Å². The van der Waals surface area contributed by atoms with E-state index in [1.807, 2.05) is 13.0 Å². The summed E-state index contributed by atoms with van der Waals surface area (Å²) in [6, 6.07) is 8.43. The van der Waals surface area contributed by atoms with Crippen LogP contribution in [0.2, 0.25) is 0 Å². The number of carbonyl (C=O) groups is 2. The maximum Gasteiger partial charge on any atom is 0.286 e. The molecule has 0 saturated carbocycles. The van der Waals surface area contributed by atoms with Crippen LogP contribution in [0.15, 0.2) is 34.7 Å². The SMILES string of the molecule is CNC(=O)c1ccc(CNC(=O)c2ccc(C)c(OCCN)c2)o1. The molecule has 0 saturated heterocycles. The minimum atomic E-state index is -0.312. The van der Waals surface area contributed by atoms with Gasteiger partial charge in [-0.1, -0.05) is 6.07 Å². The summed E-state index contributed by atoms with van der Waals surface area (Å²) in [6.07, 6.45) is 0. The molecule has 0 spiro atoms. The Kier molecular flexibility index (Phi) is 5.97. The molecule has 0 unspecified atom stereocenters. The van der Waals surface area contributed by atoms with Crippen molar-refractivity contribution in [1.82, 2.24) is 10.6 Å². The molecule has 7 heteroatoms. The molecule has 128 valence electrons. The highest BCUT2D eigenvalue weighted by Gasteiger charge is 2.12. The monoisotopic (exact) mass is 331 g/mol. The molecule has 2 amide bonds. The summed E-state index contributed by atoms with van der Waals surface area (Å²) in [5.74, 6) is 0.759. The van der Waals surface area contributed by atoms with Gasteiger partial charge in [0.2, 0.25) is 0 Å². The predicted molar refractivity (Wildman–Crippen MR) is 89.0 cm³/mol. The molecule has 1 aromatic carbocycles. The first-order valence-electron chi connectivity index (χ1n) is 7.57. The number of amides is 2. The largest absolute Gasteiger partial charge is 0.492 e. The number of nitrogens with two attached hydrogens (primary N) is 1. The van der Waals surface area contributed by atoms with E-state index >= 15 is 0 Å². The van der Waals surface area contributed by atoms with E-state index in [1.54, 1.807) is 24.3 Å². The topological polar surface area (TPSA) is 107 Å². The number of carbonyl (C=O) groups excluding carboxylic acids is 2. The zero-order chi connectivity index (χ0) is 17.5. The highest BCUT2D eigenvalue weighted by Crippen LogP contribution is 2.19. The van der Waals surface area contributed by atoms with Crippen molar-refractivity contribution in [3.8, 4) is 5.75 Å². The number of hydrogen-bond acceptors (Lipinski definition) is 5. The quantitative estimate of drug-likeness (QED) is 0.707. The average molecular weight is 331 g/mol. The third-order valence-corrected chi connectivity index (χ3v) is 3.36. The molecule has 24 heavy (non-hydrogen) atoms. The normalized spacial score (nSPS) is 10.3. The Balaban J connectivity index is 1.99. The van der Waals surface area contributed by atoms with Gasteiger partial charge in [-0.2, -0.15) is 0 Å². The van der Waals surface area contributed by atoms with Crippen LogP contribution in [0.25, 0.3) is 0 Å². The van der Waals surface area contributed by atoms with Gasteiger partial charge in [0.15, 0.2) is 5.76 Å². The van der Waals surface area contributed by atoms with Gasteiger partial charge in [-0.25, -0.2) is 0 Å². The van der Waals surface area contributed by atoms with E-state index < -0.39 is 0 Å². The Hall–Kier alpha value is -2.80. The third-order valence-electron chi connectivity index (χ3n) is 3.36. The molecule has 0 bridgehead atoms. The van der Waals surface area contributed by atoms with E-state index in [1.165, 1.54) is 7.05 Å². The van der Waals surface area contributed by atoms with Gasteiger partial charge in [0.05, 0.1) is 6.54 Å². The summed E-state index contributed by atoms with van der Waals surface area (Å²) in [4.78, 5) is 23.7. The number of nitrogens with one attached hydrogen (secondary N) is 2. The van der Waals surface area contributed by atoms with E-state index in [0.717, 1.165) is 5.56 Å². The van der Waals surface area contributed by atoms with Crippen molar-refractivity contribution < 1.29 is 18.7 Å². The lowest BCUT2D eigenvalue weighted by molar-refractivity contribution is 0.0933. The lowest BCUT2D eigenvalue weighted by atomic mass is 10.1. The minimum absolute atomic E-state index is 0.183. The molecule has 0 aliphatic carbocycles. The zero-order valence-corrected chi connectivity index (χ0v) is 13.7. The second-order valence-electron chi connectivity index (χ2n) is 5.15. The number of aryl methyl sites for hydroxylation is 1. The fraction of sp³-hybridized carbons (Fsp3) is 0.294. The van der Waals surface area contributed by atoms with E-state index in [4.69, 9.17) is 14.9 Å². The van der Waals surface area contributed by atoms with Crippen molar-refractivity contribution in [2.45, 2.75) is 13.5 Å². The Morgan fingerprint density at radius 1 is 1.21 bits per heavy atom. The molecule has 0 atom stereocenters. The summed E-state index contributed by atoms with van der Waals surface area (Å²) in [7, 11) is 1.52. The van der Waals surface area contributed by atoms with Gasteiger partial charge in [0.25, 0.3) is 11.8 Å². The van der Waals surface area contributed by atoms with Gasteiger partial charge in [-0.05, 0) is 36.8 Å². The maximum atomic E-state index is 12.2. The zero-order valence-electron chi connectivity index (χ0n) is 13.7. The van der Waals surface area contributed by atoms with Crippen molar-refractivity contribution in [1.29, 1.82) is 0 Å². The maximum absolute atomic E-state index is 12.2. The first-order chi connectivity index (χ1) is 11.5. The molecule has 0 fully saturated rings. The molecule has 0 radical (unpaired) electrons. The van der Waals surface area contributed by atoms with Crippen LogP contribution in [-0.4, -0.2) is 32.0 Å². The van der Waals surface area contributed by atoms with Crippen LogP contribution in [0.1, 0.15) is 32.2 Å². The number of ether oxygens (including phenoxy) is 1. The fourth-order valence-electron chi connectivity index (χ4n) is 2.05. The van der Waals surface area contributed by atoms with Crippen LogP contribution in [0, 0.1) is 6.92 Å². The van der Waals surface area contributed by atoms with Crippen molar-refractivity contribution in [3.63, 3.8) is 0 Å². The first-order valence-corrected chi connectivity index (χ1v) is 7.57. The van der Waals surface area contributed by atoms with Crippen LogP contribution in [0.4, 0.5) is 0 Å². The van der Waals surface area contributed by atoms with Crippen molar-refractivity contribution in [2.24, 2.45) is 5.73 Å². The summed E-state index contributed by atoms with van der Waals surface area (Å²) in [5, 5.41) is 5.21. The lowest BCUT2D eigenvalue weighted by Crippen LogP contribution is -2.23. The van der Waals surface area contributed by atoms with Gasteiger partial charge in [0, 0.05) is 19.2 Å². The van der Waals surface area contributed by atoms with E-state index in [-0.39, 0.29) is 24.1 Å². The summed E-state index contributed by atoms with van der Waals surface area (Å²) in [6.45, 7) is 2.88. The van der Waals surface area contributed by atoms with E-state index in [0.29, 0.717) is 30.2 Å². The predicted octanol–water partition coefficient (Wildman–Crippen LogP) is 1.22. The molecular formula is C17H21N3O4. The van der Waals surface area contributed by atoms with Gasteiger partial charge in [0.1, 0.15) is 18.1 Å². The molecule has 1 aromatic heterocycles. The third kappa shape index (κ3) is 4.36. The molecule has 4 N–H and O–H groups in total. The fourth-order valence-corrected chi connectivity index (χ4v) is 2.05. The van der Waals surface area contributed by atoms with E-state index in [2.05, 4.69) is 10.6 Å². The standard InChI is InChI=1S/C17H21N3O4/c1-11-3-4-12(9-15(11)23-8-7-18)16(21)20-10-13-5-6-14(24-13)17(22)19-2/h3-6,9H,7-8,10,18H2,1-2H3,(H,19,22)(H,20,21). The molecule has 2 aromatic rings. The molecular weight excluding hydrogens is 310 g/mol. The summed E-state index contributed by atoms with van der Waals surface area (Å²) >= 11 is 0. The second kappa shape index (κ2) is 8.16. The Bertz CT molecular complexity index is 724. The lowest BCUT2D eigenvalue weighted by Gasteiger charge is -2.10. The molecule has 0 aliphatic heterocycles. The Labute approximate surface area is 140 Å². The van der Waals surface area contributed by atoms with Crippen LogP contribution >= 0.6 is 0 Å². The molecule has 0 aliphatic rings. The van der Waals surface area contributed by atoms with Crippen molar-refractivity contribution in [3.05, 3.63) is 53.0 Å². The smallest absolute Gasteiger partial charge is 0.286 e. The number of furan rings is 1. The van der Waals surface area contributed by atoms with Gasteiger partial charge >= 0.3 is 0 Å². The number of benzene rings is 1. The van der Waals surface area contributed by atoms with Crippen LogP contribution < -0.4 is 21.1 Å². The Morgan fingerprint density at radius 2 is 2.00 bits per heavy atom. The highest BCUT2D eigenvalue weighted by molar-refractivity contribution is 5.94. The van der Waals surface area contributed by atoms with Crippen LogP contribution in [0.3, 0.4) is 0 Å². The van der Waals surface area contributed by atoms with E-state index in [9.17, 15) is 9.59 Å². The van der Waals surface area contributed by atoms with Gasteiger partial charge in [-0.3, -0.25) is 9.59 Å². The Morgan fingerprint density at radius 3 is 2.71 bits per heavy atom. The van der Waals surface area contributed by atoms with Gasteiger partial charge in [-0.15, -0.1) is 0 Å². The summed E-state index contributed by atoms with van der Waals surface area (Å²) < 4.78 is 10.9. The first kappa shape index (κ1) is 17.6. The van der Waals surface area contributed by atoms with Crippen molar-refractivity contribution in [2.75, 3.05) is 20.2 Å². The molecule has 7 nitrogen and oxygen atoms in total. The number of hydrogen-bond donors (Lipinski definition) is 3. The average Bonchev–Trinajstić information content (AvgIpc) is 3.07. The summed E-state index contributed by atoms with van der Waals surface area (Å²) in [5.41, 5.74) is 6.84. The molecule has 2 rings (SSSR count). The van der Waals surface area contributed by atoms with Crippen LogP contribution in [0.5, 0.6) is 5.75 Å². The van der Waals surface area contributed by atoms with Crippen LogP contribution in [-0.2, 0) is 6.54 Å². The highest BCUT2D eigenvalue weighted by atomic mass is 16.5. The van der Waals surface area contributed by atoms with Crippen molar-refractivity contribution >= 4 is 11.8 Å². The molecule has 1 heterocycles. The minimum Gasteiger partial charge on any atom is -0.492 e.